The van der Waals surface area contributed by atoms with Crippen molar-refractivity contribution in [2.45, 2.75) is 25.4 Å². The first-order valence-electron chi connectivity index (χ1n) is 8.72. The molecular weight excluding hydrogens is 320 g/mol. The molecule has 0 spiro atoms. The zero-order valence-electron chi connectivity index (χ0n) is 14.1. The first-order chi connectivity index (χ1) is 12.3. The molecule has 1 unspecified atom stereocenters. The molecule has 3 heterocycles. The number of ether oxygens (including phenoxy) is 2. The van der Waals surface area contributed by atoms with Gasteiger partial charge in [0.05, 0.1) is 19.4 Å². The van der Waals surface area contributed by atoms with Gasteiger partial charge in [-0.05, 0) is 49.2 Å². The Morgan fingerprint density at radius 3 is 2.92 bits per heavy atom. The fourth-order valence-electron chi connectivity index (χ4n) is 3.50. The second kappa shape index (κ2) is 7.19. The lowest BCUT2D eigenvalue weighted by Gasteiger charge is -2.26. The van der Waals surface area contributed by atoms with Gasteiger partial charge in [-0.25, -0.2) is 0 Å². The highest BCUT2D eigenvalue weighted by molar-refractivity contribution is 5.78. The number of nitrogens with one attached hydrogen (secondary N) is 1. The van der Waals surface area contributed by atoms with Gasteiger partial charge in [-0.2, -0.15) is 0 Å². The van der Waals surface area contributed by atoms with E-state index in [1.54, 1.807) is 6.26 Å². The van der Waals surface area contributed by atoms with Crippen LogP contribution in [0.5, 0.6) is 11.5 Å². The van der Waals surface area contributed by atoms with E-state index in [4.69, 9.17) is 13.9 Å². The zero-order chi connectivity index (χ0) is 17.1. The number of nitrogens with zero attached hydrogens (tertiary/aromatic N) is 1. The van der Waals surface area contributed by atoms with E-state index in [1.807, 2.05) is 18.2 Å². The van der Waals surface area contributed by atoms with Crippen LogP contribution in [0.3, 0.4) is 0 Å². The van der Waals surface area contributed by atoms with Gasteiger partial charge >= 0.3 is 0 Å². The van der Waals surface area contributed by atoms with Crippen LogP contribution in [0.25, 0.3) is 0 Å². The van der Waals surface area contributed by atoms with Gasteiger partial charge in [0, 0.05) is 6.04 Å². The predicted octanol–water partition coefficient (Wildman–Crippen LogP) is 2.50. The number of fused-ring (bicyclic) bond motifs is 1. The largest absolute Gasteiger partial charge is 0.486 e. The van der Waals surface area contributed by atoms with Gasteiger partial charge in [0.25, 0.3) is 0 Å². The van der Waals surface area contributed by atoms with E-state index in [-0.39, 0.29) is 11.9 Å². The molecule has 1 amide bonds. The smallest absolute Gasteiger partial charge is 0.234 e. The van der Waals surface area contributed by atoms with Crippen molar-refractivity contribution in [3.8, 4) is 11.5 Å². The molecule has 0 bridgehead atoms. The molecule has 6 nitrogen and oxygen atoms in total. The molecule has 1 atom stereocenters. The van der Waals surface area contributed by atoms with E-state index in [0.29, 0.717) is 26.3 Å². The summed E-state index contributed by atoms with van der Waals surface area (Å²) in [5.41, 5.74) is 1.18. The molecule has 6 heteroatoms. The third-order valence-corrected chi connectivity index (χ3v) is 4.70. The topological polar surface area (TPSA) is 63.9 Å². The van der Waals surface area contributed by atoms with Gasteiger partial charge in [0.1, 0.15) is 19.0 Å². The predicted molar refractivity (Wildman–Crippen MR) is 91.5 cm³/mol. The van der Waals surface area contributed by atoms with Gasteiger partial charge in [0.2, 0.25) is 5.91 Å². The van der Waals surface area contributed by atoms with E-state index in [9.17, 15) is 4.79 Å². The molecule has 1 N–H and O–H groups in total. The third kappa shape index (κ3) is 3.64. The number of amides is 1. The zero-order valence-corrected chi connectivity index (χ0v) is 14.1. The Morgan fingerprint density at radius 1 is 1.20 bits per heavy atom. The van der Waals surface area contributed by atoms with Crippen LogP contribution in [0.4, 0.5) is 0 Å². The molecule has 1 fully saturated rings. The Morgan fingerprint density at radius 2 is 2.08 bits per heavy atom. The maximum Gasteiger partial charge on any atom is 0.234 e. The molecule has 25 heavy (non-hydrogen) atoms. The molecule has 1 saturated heterocycles. The van der Waals surface area contributed by atoms with Crippen LogP contribution >= 0.6 is 0 Å². The van der Waals surface area contributed by atoms with Crippen molar-refractivity contribution in [3.05, 3.63) is 47.9 Å². The van der Waals surface area contributed by atoms with Crippen LogP contribution in [0.15, 0.2) is 41.0 Å². The minimum absolute atomic E-state index is 0.0147. The summed E-state index contributed by atoms with van der Waals surface area (Å²) < 4.78 is 16.5. The van der Waals surface area contributed by atoms with Gasteiger partial charge in [-0.3, -0.25) is 9.69 Å². The molecule has 2 aliphatic heterocycles. The SMILES string of the molecule is O=C(CN1CCCC1c1ccc2c(c1)OCCO2)NCc1ccco1. The van der Waals surface area contributed by atoms with Crippen molar-refractivity contribution < 1.29 is 18.7 Å². The van der Waals surface area contributed by atoms with Crippen LogP contribution in [0.1, 0.15) is 30.2 Å². The molecule has 1 aromatic heterocycles. The van der Waals surface area contributed by atoms with Crippen LogP contribution in [0, 0.1) is 0 Å². The van der Waals surface area contributed by atoms with Gasteiger partial charge in [0.15, 0.2) is 11.5 Å². The second-order valence-corrected chi connectivity index (χ2v) is 6.39. The molecule has 0 radical (unpaired) electrons. The molecule has 2 aromatic rings. The summed E-state index contributed by atoms with van der Waals surface area (Å²) in [6, 6.07) is 10.0. The number of rotatable bonds is 5. The van der Waals surface area contributed by atoms with Crippen molar-refractivity contribution in [2.24, 2.45) is 0 Å². The molecule has 0 saturated carbocycles. The average molecular weight is 342 g/mol. The van der Waals surface area contributed by atoms with Crippen LogP contribution < -0.4 is 14.8 Å². The van der Waals surface area contributed by atoms with E-state index >= 15 is 0 Å². The van der Waals surface area contributed by atoms with Gasteiger partial charge in [-0.15, -0.1) is 0 Å². The summed E-state index contributed by atoms with van der Waals surface area (Å²) in [4.78, 5) is 14.5. The lowest BCUT2D eigenvalue weighted by molar-refractivity contribution is -0.122. The molecule has 4 rings (SSSR count). The highest BCUT2D eigenvalue weighted by Crippen LogP contribution is 2.37. The lowest BCUT2D eigenvalue weighted by atomic mass is 10.0. The summed E-state index contributed by atoms with van der Waals surface area (Å²) in [7, 11) is 0. The van der Waals surface area contributed by atoms with Crippen molar-refractivity contribution in [2.75, 3.05) is 26.3 Å². The molecule has 132 valence electrons. The van der Waals surface area contributed by atoms with Crippen LogP contribution in [0.2, 0.25) is 0 Å². The quantitative estimate of drug-likeness (QED) is 0.904. The molecule has 1 aromatic carbocycles. The standard InChI is InChI=1S/C19H22N2O4/c22-19(20-12-15-3-2-8-23-15)13-21-7-1-4-16(21)14-5-6-17-18(11-14)25-10-9-24-17/h2-3,5-6,8,11,16H,1,4,7,9-10,12-13H2,(H,20,22). The number of carbonyl (C=O) groups excluding carboxylic acids is 1. The molecular formula is C19H22N2O4. The Kier molecular flexibility index (Phi) is 4.61. The first-order valence-corrected chi connectivity index (χ1v) is 8.72. The lowest BCUT2D eigenvalue weighted by Crippen LogP contribution is -2.36. The highest BCUT2D eigenvalue weighted by Gasteiger charge is 2.28. The number of likely N-dealkylation sites (tertiary alicyclic amines) is 1. The summed E-state index contributed by atoms with van der Waals surface area (Å²) in [6.45, 7) is 2.92. The maximum absolute atomic E-state index is 12.3. The van der Waals surface area contributed by atoms with Crippen molar-refractivity contribution in [1.29, 1.82) is 0 Å². The van der Waals surface area contributed by atoms with E-state index in [0.717, 1.165) is 36.6 Å². The number of carbonyl (C=O) groups is 1. The van der Waals surface area contributed by atoms with E-state index in [2.05, 4.69) is 22.3 Å². The van der Waals surface area contributed by atoms with Crippen molar-refractivity contribution in [3.63, 3.8) is 0 Å². The fraction of sp³-hybridized carbons (Fsp3) is 0.421. The molecule has 0 aliphatic carbocycles. The number of hydrogen-bond acceptors (Lipinski definition) is 5. The van der Waals surface area contributed by atoms with E-state index in [1.165, 1.54) is 5.56 Å². The van der Waals surface area contributed by atoms with Crippen LogP contribution in [-0.4, -0.2) is 37.1 Å². The number of benzene rings is 1. The van der Waals surface area contributed by atoms with Crippen molar-refractivity contribution >= 4 is 5.91 Å². The van der Waals surface area contributed by atoms with Crippen LogP contribution in [-0.2, 0) is 11.3 Å². The maximum atomic E-state index is 12.3. The number of hydrogen-bond donors (Lipinski definition) is 1. The Balaban J connectivity index is 1.39. The monoisotopic (exact) mass is 342 g/mol. The summed E-state index contributed by atoms with van der Waals surface area (Å²) in [5.74, 6) is 2.38. The Labute approximate surface area is 146 Å². The normalized spacial score (nSPS) is 19.8. The summed E-state index contributed by atoms with van der Waals surface area (Å²) in [5, 5.41) is 2.91. The Hall–Kier alpha value is -2.47. The molecule has 2 aliphatic rings. The highest BCUT2D eigenvalue weighted by atomic mass is 16.6. The Bertz CT molecular complexity index is 729. The first kappa shape index (κ1) is 16.0. The van der Waals surface area contributed by atoms with Crippen molar-refractivity contribution in [1.82, 2.24) is 10.2 Å². The second-order valence-electron chi connectivity index (χ2n) is 6.39. The minimum Gasteiger partial charge on any atom is -0.486 e. The fourth-order valence-corrected chi connectivity index (χ4v) is 3.50. The summed E-state index contributed by atoms with van der Waals surface area (Å²) >= 11 is 0. The third-order valence-electron chi connectivity index (χ3n) is 4.70. The van der Waals surface area contributed by atoms with Gasteiger partial charge < -0.3 is 19.2 Å². The van der Waals surface area contributed by atoms with E-state index < -0.39 is 0 Å². The number of furan rings is 1. The average Bonchev–Trinajstić information content (AvgIpc) is 3.31. The minimum atomic E-state index is 0.0147. The summed E-state index contributed by atoms with van der Waals surface area (Å²) in [6.07, 6.45) is 3.75. The van der Waals surface area contributed by atoms with Gasteiger partial charge in [-0.1, -0.05) is 6.07 Å².